The summed E-state index contributed by atoms with van der Waals surface area (Å²) >= 11 is 3.74. The van der Waals surface area contributed by atoms with Crippen LogP contribution in [0.2, 0.25) is 43.3 Å². The first kappa shape index (κ1) is 7.42. The number of benzene rings is 1. The van der Waals surface area contributed by atoms with E-state index in [-0.39, 0.29) is 5.82 Å². The molecule has 0 N–H and O–H groups in total. The van der Waals surface area contributed by atoms with Crippen LogP contribution in [0.25, 0.3) is 0 Å². The molecule has 0 bridgehead atoms. The average Bonchev–Trinajstić information content (AvgIpc) is 3.33. The minimum atomic E-state index is -3.17. The van der Waals surface area contributed by atoms with Gasteiger partial charge in [0.15, 0.2) is 0 Å². The van der Waals surface area contributed by atoms with Gasteiger partial charge in [0.1, 0.15) is 0 Å². The van der Waals surface area contributed by atoms with Crippen molar-refractivity contribution in [2.75, 3.05) is 0 Å². The van der Waals surface area contributed by atoms with Crippen LogP contribution >= 0.6 is 15.9 Å². The summed E-state index contributed by atoms with van der Waals surface area (Å²) in [5, 5.41) is 0. The third-order valence-electron chi connectivity index (χ3n) is 16.0. The van der Waals surface area contributed by atoms with E-state index in [1.165, 1.54) is 39.3 Å². The zero-order valence-corrected chi connectivity index (χ0v) is 12.7. The Morgan fingerprint density at radius 1 is 0.947 bits per heavy atom. The summed E-state index contributed by atoms with van der Waals surface area (Å²) in [5.74, 6) is 0.141. The van der Waals surface area contributed by atoms with E-state index in [1.807, 2.05) is 6.07 Å². The van der Waals surface area contributed by atoms with Gasteiger partial charge in [0.25, 0.3) is 0 Å². The molecule has 10 aliphatic heterocycles. The molecule has 10 heterocycles. The molecule has 3 heteroatoms. The van der Waals surface area contributed by atoms with E-state index in [1.54, 1.807) is 6.07 Å². The van der Waals surface area contributed by atoms with Crippen molar-refractivity contribution in [1.29, 1.82) is 0 Å². The van der Waals surface area contributed by atoms with Gasteiger partial charge in [-0.3, -0.25) is 0 Å². The molecule has 1 aromatic rings. The van der Waals surface area contributed by atoms with E-state index in [2.05, 4.69) is 22.0 Å². The van der Waals surface area contributed by atoms with Gasteiger partial charge in [-0.1, -0.05) is 0 Å². The Hall–Kier alpha value is 0.149. The predicted octanol–water partition coefficient (Wildman–Crippen LogP) is 5.38. The van der Waals surface area contributed by atoms with Crippen LogP contribution in [0, 0.1) is 5.82 Å². The van der Waals surface area contributed by atoms with E-state index >= 15 is 0 Å². The molecule has 0 aromatic heterocycles. The molecular weight excluding hydrogens is 347 g/mol. The summed E-state index contributed by atoms with van der Waals surface area (Å²) in [6.45, 7) is -3.17. The van der Waals surface area contributed by atoms with Crippen molar-refractivity contribution < 1.29 is 10.9 Å². The molecule has 1 spiro atoms. The van der Waals surface area contributed by atoms with Gasteiger partial charge in [-0.05, 0) is 0 Å². The molecule has 11 rings (SSSR count). The monoisotopic (exact) mass is 358 g/mol. The van der Waals surface area contributed by atoms with Crippen molar-refractivity contribution in [2.24, 2.45) is 0 Å². The predicted molar refractivity (Wildman–Crippen MR) is 69.5 cm³/mol. The third-order valence-corrected chi connectivity index (χ3v) is 59.0. The van der Waals surface area contributed by atoms with Gasteiger partial charge in [0.05, 0.1) is 0 Å². The van der Waals surface area contributed by atoms with Crippen LogP contribution in [0.1, 0.15) is 5.56 Å². The standard InChI is InChI=1S/C11H7BrF.C5H5.Fe/c12-9-6-3-7-10(13)11(9)8-4-1-2-5-8;1-2-4-5-3-1;/h1-7H;1-5H;. The van der Waals surface area contributed by atoms with Crippen molar-refractivity contribution in [3.05, 3.63) is 34.1 Å². The van der Waals surface area contributed by atoms with Crippen molar-refractivity contribution >= 4 is 15.9 Å². The van der Waals surface area contributed by atoms with E-state index in [4.69, 9.17) is 0 Å². The SMILES string of the molecule is Fc1cccc(Br)c1[C]12[CH]3[CH]4[CH]5[CH]1[Fe]45321678[CH]2[CH]1[CH]6[CH]7[CH]28. The first-order chi connectivity index (χ1) is 8.97. The molecular formula is C16H12BrFFe. The van der Waals surface area contributed by atoms with Crippen LogP contribution in [-0.4, -0.2) is 0 Å². The molecule has 4 atom stereocenters. The second kappa shape index (κ2) is 0.657. The van der Waals surface area contributed by atoms with Crippen molar-refractivity contribution in [3.8, 4) is 0 Å². The fourth-order valence-electron chi connectivity index (χ4n) is 17.7. The van der Waals surface area contributed by atoms with Crippen LogP contribution < -0.4 is 0 Å². The zero-order chi connectivity index (χ0) is 11.9. The molecule has 10 aliphatic rings. The molecule has 0 saturated carbocycles. The minimum absolute atomic E-state index is 0.141. The molecule has 4 unspecified atom stereocenters. The van der Waals surface area contributed by atoms with Crippen molar-refractivity contribution in [3.63, 3.8) is 0 Å². The fraction of sp³-hybridized carbons (Fsp3) is 0.625. The molecule has 0 nitrogen and oxygen atoms in total. The summed E-state index contributed by atoms with van der Waals surface area (Å²) < 4.78 is 16.4. The summed E-state index contributed by atoms with van der Waals surface area (Å²) in [5.41, 5.74) is 1.22. The van der Waals surface area contributed by atoms with Crippen LogP contribution in [0.4, 0.5) is 4.39 Å². The topological polar surface area (TPSA) is 0 Å². The van der Waals surface area contributed by atoms with Gasteiger partial charge in [0, 0.05) is 0 Å². The Kier molecular flexibility index (Phi) is 0.257. The van der Waals surface area contributed by atoms with Crippen LogP contribution in [0.5, 0.6) is 0 Å². The molecule has 1 aromatic carbocycles. The number of hydrogen-bond acceptors (Lipinski definition) is 0. The number of rotatable bonds is 1. The zero-order valence-electron chi connectivity index (χ0n) is 10.0. The molecule has 0 aliphatic carbocycles. The van der Waals surface area contributed by atoms with Gasteiger partial charge >= 0.3 is 109 Å². The number of halogens is 2. The van der Waals surface area contributed by atoms with Crippen LogP contribution in [0.3, 0.4) is 0 Å². The van der Waals surface area contributed by atoms with Gasteiger partial charge in [-0.15, -0.1) is 0 Å². The Morgan fingerprint density at radius 3 is 1.89 bits per heavy atom. The van der Waals surface area contributed by atoms with Crippen molar-refractivity contribution in [2.45, 2.75) is 47.7 Å². The first-order valence-electron chi connectivity index (χ1n) is 7.63. The van der Waals surface area contributed by atoms with Crippen LogP contribution in [-0.2, 0) is 10.8 Å². The van der Waals surface area contributed by atoms with E-state index < -0.39 is 6.51 Å². The normalized spacial score (nSPS) is 108. The number of fused-ring (bicyclic) bond motifs is 10. The summed E-state index contributed by atoms with van der Waals surface area (Å²) in [7, 11) is 0. The summed E-state index contributed by atoms with van der Waals surface area (Å²) in [6.07, 6.45) is 0. The second-order valence-corrected chi connectivity index (χ2v) is 35.7. The van der Waals surface area contributed by atoms with E-state index in [0.717, 1.165) is 14.1 Å². The van der Waals surface area contributed by atoms with E-state index in [9.17, 15) is 4.39 Å². The summed E-state index contributed by atoms with van der Waals surface area (Å²) in [6, 6.07) is 5.74. The summed E-state index contributed by atoms with van der Waals surface area (Å²) in [4.78, 5) is 11.2. The molecule has 19 heavy (non-hydrogen) atoms. The third kappa shape index (κ3) is 0.0871. The van der Waals surface area contributed by atoms with Gasteiger partial charge in [0.2, 0.25) is 0 Å². The van der Waals surface area contributed by atoms with Crippen molar-refractivity contribution in [1.82, 2.24) is 0 Å². The Balaban J connectivity index is 1.58. The molecule has 10 fully saturated rings. The Morgan fingerprint density at radius 2 is 1.53 bits per heavy atom. The van der Waals surface area contributed by atoms with Crippen LogP contribution in [0.15, 0.2) is 22.7 Å². The maximum absolute atomic E-state index is 14.7. The Labute approximate surface area is 108 Å². The average molecular weight is 359 g/mol. The second-order valence-electron chi connectivity index (χ2n) is 11.3. The quantitative estimate of drug-likeness (QED) is 0.591. The van der Waals surface area contributed by atoms with Gasteiger partial charge in [-0.25, -0.2) is 0 Å². The molecule has 98 valence electrons. The van der Waals surface area contributed by atoms with Gasteiger partial charge in [-0.2, -0.15) is 0 Å². The molecule has 10 saturated heterocycles. The van der Waals surface area contributed by atoms with E-state index in [0.29, 0.717) is 4.31 Å². The Bertz CT molecular complexity index is 1120. The molecule has 0 amide bonds. The maximum atomic E-state index is 14.7. The first-order valence-corrected chi connectivity index (χ1v) is 14.7. The number of hydrogen-bond donors (Lipinski definition) is 0. The fourth-order valence-corrected chi connectivity index (χ4v) is 92.7. The molecule has 0 radical (unpaired) electrons. The van der Waals surface area contributed by atoms with Gasteiger partial charge < -0.3 is 0 Å².